The third-order valence-corrected chi connectivity index (χ3v) is 1.35. The average molecular weight is 162 g/mol. The maximum absolute atomic E-state index is 10.9. The minimum absolute atomic E-state index is 0.137. The van der Waals surface area contributed by atoms with E-state index in [-0.39, 0.29) is 11.3 Å². The van der Waals surface area contributed by atoms with Crippen LogP contribution < -0.4 is 11.3 Å². The van der Waals surface area contributed by atoms with Gasteiger partial charge in [-0.1, -0.05) is 0 Å². The molecule has 0 atom stereocenters. The molecule has 12 heavy (non-hydrogen) atoms. The molecule has 0 aliphatic rings. The Kier molecular flexibility index (Phi) is 2.33. The highest BCUT2D eigenvalue weighted by atomic mass is 16.5. The number of rotatable bonds is 1. The summed E-state index contributed by atoms with van der Waals surface area (Å²) >= 11 is 0. The minimum atomic E-state index is -0.526. The fourth-order valence-electron chi connectivity index (χ4n) is 0.704. The average Bonchev–Trinajstić information content (AvgIpc) is 2.08. The van der Waals surface area contributed by atoms with Crippen LogP contribution in [-0.2, 0) is 4.74 Å². The second-order valence-corrected chi connectivity index (χ2v) is 2.16. The molecule has 60 valence electrons. The Morgan fingerprint density at radius 3 is 2.83 bits per heavy atom. The standard InChI is InChI=1S/C7H7BN2O2/c1-12-7(11)5-3-2-4(9)6(8)10-5/h2-3H,9H2,1H3. The van der Waals surface area contributed by atoms with Gasteiger partial charge in [0.1, 0.15) is 13.5 Å². The first kappa shape index (κ1) is 8.58. The maximum Gasteiger partial charge on any atom is 0.356 e. The van der Waals surface area contributed by atoms with Crippen LogP contribution in [0.2, 0.25) is 0 Å². The van der Waals surface area contributed by atoms with E-state index < -0.39 is 5.97 Å². The van der Waals surface area contributed by atoms with Gasteiger partial charge >= 0.3 is 5.97 Å². The third kappa shape index (κ3) is 1.55. The number of hydrogen-bond donors (Lipinski definition) is 1. The zero-order valence-electron chi connectivity index (χ0n) is 6.57. The fourth-order valence-corrected chi connectivity index (χ4v) is 0.704. The van der Waals surface area contributed by atoms with Crippen molar-refractivity contribution in [3.63, 3.8) is 0 Å². The third-order valence-electron chi connectivity index (χ3n) is 1.35. The highest BCUT2D eigenvalue weighted by Crippen LogP contribution is 1.99. The summed E-state index contributed by atoms with van der Waals surface area (Å²) in [5, 5.41) is 0. The molecule has 4 nitrogen and oxygen atoms in total. The predicted molar refractivity (Wildman–Crippen MR) is 45.4 cm³/mol. The van der Waals surface area contributed by atoms with Crippen molar-refractivity contribution in [2.45, 2.75) is 0 Å². The van der Waals surface area contributed by atoms with Crippen LogP contribution >= 0.6 is 0 Å². The number of anilines is 1. The molecule has 0 fully saturated rings. The number of esters is 1. The topological polar surface area (TPSA) is 65.2 Å². The van der Waals surface area contributed by atoms with Crippen LogP contribution in [0.3, 0.4) is 0 Å². The lowest BCUT2D eigenvalue weighted by atomic mass is 10.0. The monoisotopic (exact) mass is 162 g/mol. The predicted octanol–water partition coefficient (Wildman–Crippen LogP) is -0.756. The van der Waals surface area contributed by atoms with Gasteiger partial charge in [-0.15, -0.1) is 0 Å². The van der Waals surface area contributed by atoms with Crippen LogP contribution in [0.4, 0.5) is 5.69 Å². The Balaban J connectivity index is 3.05. The van der Waals surface area contributed by atoms with Crippen molar-refractivity contribution in [1.82, 2.24) is 4.98 Å². The summed E-state index contributed by atoms with van der Waals surface area (Å²) < 4.78 is 4.43. The number of pyridine rings is 1. The van der Waals surface area contributed by atoms with Crippen molar-refractivity contribution in [3.8, 4) is 0 Å². The van der Waals surface area contributed by atoms with E-state index in [0.29, 0.717) is 5.69 Å². The molecule has 1 heterocycles. The van der Waals surface area contributed by atoms with Gasteiger partial charge < -0.3 is 10.5 Å². The molecule has 0 saturated carbocycles. The van der Waals surface area contributed by atoms with Gasteiger partial charge in [0.15, 0.2) is 0 Å². The van der Waals surface area contributed by atoms with Crippen molar-refractivity contribution in [3.05, 3.63) is 17.8 Å². The van der Waals surface area contributed by atoms with Gasteiger partial charge in [-0.3, -0.25) is 4.98 Å². The summed E-state index contributed by atoms with van der Waals surface area (Å²) in [6.07, 6.45) is 0. The number of nitrogens with zero attached hydrogens (tertiary/aromatic N) is 1. The SMILES string of the molecule is [B]c1nc(C(=O)OC)ccc1N. The van der Waals surface area contributed by atoms with Crippen LogP contribution in [-0.4, -0.2) is 25.9 Å². The first-order valence-corrected chi connectivity index (χ1v) is 3.25. The van der Waals surface area contributed by atoms with Gasteiger partial charge in [0.25, 0.3) is 0 Å². The molecule has 0 aromatic carbocycles. The first-order valence-electron chi connectivity index (χ1n) is 3.25. The molecule has 1 aromatic heterocycles. The summed E-state index contributed by atoms with van der Waals surface area (Å²) in [5.41, 5.74) is 6.03. The molecule has 2 radical (unpaired) electrons. The zero-order chi connectivity index (χ0) is 9.14. The molecule has 0 amide bonds. The van der Waals surface area contributed by atoms with E-state index in [1.165, 1.54) is 19.2 Å². The van der Waals surface area contributed by atoms with Gasteiger partial charge in [0, 0.05) is 11.3 Å². The van der Waals surface area contributed by atoms with E-state index in [4.69, 9.17) is 13.6 Å². The quantitative estimate of drug-likeness (QED) is 0.435. The molecule has 0 aliphatic carbocycles. The van der Waals surface area contributed by atoms with Crippen molar-refractivity contribution >= 4 is 25.1 Å². The number of hydrogen-bond acceptors (Lipinski definition) is 4. The second kappa shape index (κ2) is 3.25. The number of nitrogens with two attached hydrogens (primary N) is 1. The summed E-state index contributed by atoms with van der Waals surface area (Å²) in [7, 11) is 6.64. The van der Waals surface area contributed by atoms with Crippen LogP contribution in [0.1, 0.15) is 10.5 Å². The molecular formula is C7H7BN2O2. The van der Waals surface area contributed by atoms with Crippen LogP contribution in [0.15, 0.2) is 12.1 Å². The van der Waals surface area contributed by atoms with Gasteiger partial charge in [0.05, 0.1) is 7.11 Å². The van der Waals surface area contributed by atoms with Crippen LogP contribution in [0.25, 0.3) is 0 Å². The largest absolute Gasteiger partial charge is 0.464 e. The molecule has 0 bridgehead atoms. The van der Waals surface area contributed by atoms with Crippen molar-refractivity contribution in [1.29, 1.82) is 0 Å². The summed E-state index contributed by atoms with van der Waals surface area (Å²) in [6, 6.07) is 2.96. The first-order chi connectivity index (χ1) is 5.65. The maximum atomic E-state index is 10.9. The van der Waals surface area contributed by atoms with E-state index in [2.05, 4.69) is 9.72 Å². The Hall–Kier alpha value is -1.52. The molecule has 1 rings (SSSR count). The lowest BCUT2D eigenvalue weighted by Crippen LogP contribution is -2.18. The van der Waals surface area contributed by atoms with Gasteiger partial charge in [-0.25, -0.2) is 4.79 Å². The zero-order valence-corrected chi connectivity index (χ0v) is 6.57. The second-order valence-electron chi connectivity index (χ2n) is 2.16. The molecular weight excluding hydrogens is 155 g/mol. The van der Waals surface area contributed by atoms with E-state index in [9.17, 15) is 4.79 Å². The number of nitrogen functional groups attached to an aromatic ring is 1. The molecule has 0 saturated heterocycles. The molecule has 0 unspecified atom stereocenters. The van der Waals surface area contributed by atoms with E-state index in [1.807, 2.05) is 0 Å². The normalized spacial score (nSPS) is 9.42. The fraction of sp³-hybridized carbons (Fsp3) is 0.143. The van der Waals surface area contributed by atoms with Gasteiger partial charge in [0.2, 0.25) is 0 Å². The van der Waals surface area contributed by atoms with Crippen molar-refractivity contribution in [2.24, 2.45) is 0 Å². The van der Waals surface area contributed by atoms with Crippen LogP contribution in [0, 0.1) is 0 Å². The molecule has 0 aliphatic heterocycles. The Morgan fingerprint density at radius 1 is 1.67 bits per heavy atom. The highest BCUT2D eigenvalue weighted by molar-refractivity contribution is 6.34. The minimum Gasteiger partial charge on any atom is -0.464 e. The van der Waals surface area contributed by atoms with Crippen molar-refractivity contribution < 1.29 is 9.53 Å². The van der Waals surface area contributed by atoms with Gasteiger partial charge in [-0.2, -0.15) is 0 Å². The Morgan fingerprint density at radius 2 is 2.33 bits per heavy atom. The summed E-state index contributed by atoms with van der Waals surface area (Å²) in [4.78, 5) is 14.6. The number of aromatic nitrogens is 1. The van der Waals surface area contributed by atoms with E-state index in [1.54, 1.807) is 0 Å². The van der Waals surface area contributed by atoms with Crippen LogP contribution in [0.5, 0.6) is 0 Å². The smallest absolute Gasteiger partial charge is 0.356 e. The van der Waals surface area contributed by atoms with Crippen molar-refractivity contribution in [2.75, 3.05) is 12.8 Å². The Labute approximate surface area is 71.1 Å². The number of methoxy groups -OCH3 is 1. The molecule has 2 N–H and O–H groups in total. The lowest BCUT2D eigenvalue weighted by Gasteiger charge is -2.01. The highest BCUT2D eigenvalue weighted by Gasteiger charge is 2.06. The Bertz CT molecular complexity index is 314. The van der Waals surface area contributed by atoms with Gasteiger partial charge in [-0.05, 0) is 12.1 Å². The summed E-state index contributed by atoms with van der Waals surface area (Å²) in [6.45, 7) is 0. The number of ether oxygens (including phenoxy) is 1. The molecule has 5 heteroatoms. The van der Waals surface area contributed by atoms with E-state index >= 15 is 0 Å². The molecule has 0 spiro atoms. The van der Waals surface area contributed by atoms with E-state index in [0.717, 1.165) is 0 Å². The number of carbonyl (C=O) groups excluding carboxylic acids is 1. The number of carbonyl (C=O) groups is 1. The summed E-state index contributed by atoms with van der Waals surface area (Å²) in [5.74, 6) is -0.526. The molecule has 1 aromatic rings. The lowest BCUT2D eigenvalue weighted by molar-refractivity contribution is 0.0594.